The second-order valence-corrected chi connectivity index (χ2v) is 18.7. The first-order chi connectivity index (χ1) is 26.4. The molecule has 18 heteroatoms. The smallest absolute Gasteiger partial charge is 0.187 e. The van der Waals surface area contributed by atoms with E-state index in [-0.39, 0.29) is 41.3 Å². The predicted molar refractivity (Wildman–Crippen MR) is 188 cm³/mol. The summed E-state index contributed by atoms with van der Waals surface area (Å²) >= 11 is 0. The summed E-state index contributed by atoms with van der Waals surface area (Å²) in [6.45, 7) is 4.57. The van der Waals surface area contributed by atoms with Crippen LogP contribution in [0.1, 0.15) is 72.1 Å². The van der Waals surface area contributed by atoms with Crippen LogP contribution < -0.4 is 0 Å². The maximum absolute atomic E-state index is 11.1. The summed E-state index contributed by atoms with van der Waals surface area (Å²) in [6.07, 6.45) is -16.7. The lowest BCUT2D eigenvalue weighted by Crippen LogP contribution is -2.63. The Hall–Kier alpha value is -0.720. The van der Waals surface area contributed by atoms with E-state index in [9.17, 15) is 61.3 Å². The van der Waals surface area contributed by atoms with Gasteiger partial charge in [0.25, 0.3) is 0 Å². The third kappa shape index (κ3) is 7.00. The largest absolute Gasteiger partial charge is 0.394 e. The van der Waals surface area contributed by atoms with Crippen molar-refractivity contribution < 1.29 is 89.7 Å². The number of hydrogen-bond donors (Lipinski definition) is 12. The van der Waals surface area contributed by atoms with Gasteiger partial charge in [-0.15, -0.1) is 0 Å². The zero-order valence-corrected chi connectivity index (χ0v) is 32.3. The first-order valence-corrected chi connectivity index (χ1v) is 20.2. The molecule has 0 aromatic rings. The van der Waals surface area contributed by atoms with Crippen LogP contribution in [0.3, 0.4) is 0 Å². The Labute approximate surface area is 325 Å². The number of aliphatic hydroxyl groups excluding tert-OH is 12. The molecule has 7 fully saturated rings. The third-order valence-electron chi connectivity index (χ3n) is 15.5. The van der Waals surface area contributed by atoms with Crippen molar-refractivity contribution in [3.63, 3.8) is 0 Å². The SMILES string of the molecule is CC1(C)[C@@H](O[C@@H]2O[C@H](CO)[C@@H](O)[C@H](O)[C@H]2O)CC[C@]2(C)[C@@H]1CC[C@@]13C[C@@H](CC[C@H]12)[C@@](CO)(O[C@H]1O[C@@H](CO[C@H]2O[C@@H](CO)[C@H](O)[C@@H](O)[C@@H]2O)[C@H](O)[C@@H](O)[C@@H]1O)C3. The average molecular weight is 809 g/mol. The fourth-order valence-electron chi connectivity index (χ4n) is 12.5. The molecule has 0 aromatic heterocycles. The minimum absolute atomic E-state index is 0.0913. The molecule has 18 nitrogen and oxygen atoms in total. The van der Waals surface area contributed by atoms with Gasteiger partial charge in [0.05, 0.1) is 38.1 Å². The summed E-state index contributed by atoms with van der Waals surface area (Å²) in [7, 11) is 0. The molecular formula is C38H64O18. The highest BCUT2D eigenvalue weighted by molar-refractivity contribution is 5.18. The summed E-state index contributed by atoms with van der Waals surface area (Å²) in [5.41, 5.74) is -1.87. The van der Waals surface area contributed by atoms with Crippen molar-refractivity contribution in [2.24, 2.45) is 34.0 Å². The molecule has 0 unspecified atom stereocenters. The van der Waals surface area contributed by atoms with Crippen molar-refractivity contribution in [1.82, 2.24) is 0 Å². The van der Waals surface area contributed by atoms with Crippen LogP contribution in [-0.2, 0) is 28.4 Å². The highest BCUT2D eigenvalue weighted by Gasteiger charge is 2.69. The molecule has 3 saturated heterocycles. The average Bonchev–Trinajstić information content (AvgIpc) is 3.40. The molecule has 22 atom stereocenters. The Morgan fingerprint density at radius 3 is 1.73 bits per heavy atom. The van der Waals surface area contributed by atoms with Gasteiger partial charge in [-0.3, -0.25) is 0 Å². The van der Waals surface area contributed by atoms with E-state index in [0.717, 1.165) is 38.5 Å². The van der Waals surface area contributed by atoms with Crippen molar-refractivity contribution >= 4 is 0 Å². The molecule has 12 N–H and O–H groups in total. The van der Waals surface area contributed by atoms with Crippen molar-refractivity contribution in [2.75, 3.05) is 26.4 Å². The summed E-state index contributed by atoms with van der Waals surface area (Å²) in [4.78, 5) is 0. The Morgan fingerprint density at radius 1 is 0.571 bits per heavy atom. The van der Waals surface area contributed by atoms with Gasteiger partial charge in [0.15, 0.2) is 18.9 Å². The van der Waals surface area contributed by atoms with Crippen LogP contribution in [0, 0.1) is 34.0 Å². The Balaban J connectivity index is 1.04. The van der Waals surface area contributed by atoms with Crippen LogP contribution in [-0.4, -0.2) is 192 Å². The summed E-state index contributed by atoms with van der Waals surface area (Å²) < 4.78 is 35.7. The standard InChI is InChI=1S/C38H64O18/c1-35(2)20-6-9-37-10-16(4-5-21(37)36(20,3)8-7-22(35)55-33-30(49)27(46)24(43)18(12-40)53-33)38(14-37,15-41)56-34-31(50)28(47)25(44)19(54-34)13-51-32-29(48)26(45)23(42)17(11-39)52-32/h16-34,39-50H,4-15H2,1-3H3/t16-,17+,18-,19+,20-,21+,22+,23+,24-,25+,26-,27+,28-,29+,30-,31+,32+,33+,34-,36-,37+,38-/m1/s1. The first kappa shape index (κ1) is 43.4. The van der Waals surface area contributed by atoms with E-state index in [1.807, 2.05) is 0 Å². The van der Waals surface area contributed by atoms with Crippen LogP contribution >= 0.6 is 0 Å². The fraction of sp³-hybridized carbons (Fsp3) is 1.00. The minimum Gasteiger partial charge on any atom is -0.394 e. The van der Waals surface area contributed by atoms with Crippen LogP contribution in [0.15, 0.2) is 0 Å². The molecule has 56 heavy (non-hydrogen) atoms. The van der Waals surface area contributed by atoms with Crippen LogP contribution in [0.2, 0.25) is 0 Å². The maximum Gasteiger partial charge on any atom is 0.187 e. The van der Waals surface area contributed by atoms with Gasteiger partial charge in [0.1, 0.15) is 73.2 Å². The zero-order valence-electron chi connectivity index (χ0n) is 32.3. The molecule has 4 aliphatic carbocycles. The van der Waals surface area contributed by atoms with E-state index in [0.29, 0.717) is 12.8 Å². The van der Waals surface area contributed by atoms with E-state index in [4.69, 9.17) is 28.4 Å². The van der Waals surface area contributed by atoms with Crippen molar-refractivity contribution in [3.05, 3.63) is 0 Å². The second-order valence-electron chi connectivity index (χ2n) is 18.7. The molecule has 2 bridgehead atoms. The van der Waals surface area contributed by atoms with E-state index in [1.54, 1.807) is 0 Å². The second kappa shape index (κ2) is 16.0. The van der Waals surface area contributed by atoms with Gasteiger partial charge < -0.3 is 89.7 Å². The molecule has 324 valence electrons. The quantitative estimate of drug-likeness (QED) is 0.0957. The van der Waals surface area contributed by atoms with Crippen LogP contribution in [0.5, 0.6) is 0 Å². The van der Waals surface area contributed by atoms with Gasteiger partial charge >= 0.3 is 0 Å². The number of fused-ring (bicyclic) bond motifs is 3. The number of hydrogen-bond acceptors (Lipinski definition) is 18. The molecule has 0 radical (unpaired) electrons. The highest BCUT2D eigenvalue weighted by atomic mass is 16.7. The van der Waals surface area contributed by atoms with Gasteiger partial charge in [-0.05, 0) is 85.4 Å². The number of aliphatic hydroxyl groups is 12. The molecule has 0 aromatic carbocycles. The summed E-state index contributed by atoms with van der Waals surface area (Å²) in [5.74, 6) is 0.352. The highest BCUT2D eigenvalue weighted by Crippen LogP contribution is 2.73. The van der Waals surface area contributed by atoms with Crippen LogP contribution in [0.4, 0.5) is 0 Å². The van der Waals surface area contributed by atoms with Gasteiger partial charge in [-0.25, -0.2) is 0 Å². The molecule has 7 rings (SSSR count). The Kier molecular flexibility index (Phi) is 12.4. The van der Waals surface area contributed by atoms with Crippen molar-refractivity contribution in [3.8, 4) is 0 Å². The summed E-state index contributed by atoms with van der Waals surface area (Å²) in [6, 6.07) is 0. The van der Waals surface area contributed by atoms with Gasteiger partial charge in [0, 0.05) is 0 Å². The lowest BCUT2D eigenvalue weighted by Gasteiger charge is -2.65. The molecule has 1 spiro atoms. The minimum atomic E-state index is -1.73. The van der Waals surface area contributed by atoms with Gasteiger partial charge in [-0.1, -0.05) is 20.8 Å². The Morgan fingerprint density at radius 2 is 1.12 bits per heavy atom. The predicted octanol–water partition coefficient (Wildman–Crippen LogP) is -3.41. The molecule has 3 heterocycles. The molecule has 0 amide bonds. The fourth-order valence-corrected chi connectivity index (χ4v) is 12.5. The summed E-state index contributed by atoms with van der Waals surface area (Å²) in [5, 5.41) is 125. The number of rotatable bonds is 10. The third-order valence-corrected chi connectivity index (χ3v) is 15.5. The molecular weight excluding hydrogens is 744 g/mol. The van der Waals surface area contributed by atoms with E-state index >= 15 is 0 Å². The van der Waals surface area contributed by atoms with Crippen molar-refractivity contribution in [2.45, 2.75) is 176 Å². The normalized spacial score (nSPS) is 55.7. The molecule has 7 aliphatic rings. The van der Waals surface area contributed by atoms with Gasteiger partial charge in [0.2, 0.25) is 0 Å². The van der Waals surface area contributed by atoms with Crippen molar-refractivity contribution in [1.29, 1.82) is 0 Å². The Bertz CT molecular complexity index is 1360. The lowest BCUT2D eigenvalue weighted by atomic mass is 9.41. The lowest BCUT2D eigenvalue weighted by molar-refractivity contribution is -0.349. The van der Waals surface area contributed by atoms with E-state index < -0.39 is 123 Å². The van der Waals surface area contributed by atoms with Crippen LogP contribution in [0.25, 0.3) is 0 Å². The zero-order chi connectivity index (χ0) is 40.7. The monoisotopic (exact) mass is 808 g/mol. The van der Waals surface area contributed by atoms with Gasteiger partial charge in [-0.2, -0.15) is 0 Å². The van der Waals surface area contributed by atoms with E-state index in [1.165, 1.54) is 0 Å². The maximum atomic E-state index is 11.1. The molecule has 4 saturated carbocycles. The molecule has 3 aliphatic heterocycles. The number of ether oxygens (including phenoxy) is 6. The topological polar surface area (TPSA) is 298 Å². The first-order valence-electron chi connectivity index (χ1n) is 20.2. The van der Waals surface area contributed by atoms with E-state index in [2.05, 4.69) is 20.8 Å².